The van der Waals surface area contributed by atoms with Crippen LogP contribution < -0.4 is 0 Å². The highest BCUT2D eigenvalue weighted by Gasteiger charge is 2.21. The van der Waals surface area contributed by atoms with Crippen LogP contribution in [0.5, 0.6) is 0 Å². The van der Waals surface area contributed by atoms with Crippen molar-refractivity contribution in [2.24, 2.45) is 0 Å². The number of thiophene rings is 1. The normalized spacial score (nSPS) is 15.6. The lowest BCUT2D eigenvalue weighted by Crippen LogP contribution is -2.29. The number of carbonyl (C=O) groups excluding carboxylic acids is 2. The zero-order chi connectivity index (χ0) is 17.1. The predicted molar refractivity (Wildman–Crippen MR) is 95.9 cm³/mol. The zero-order valence-electron chi connectivity index (χ0n) is 14.1. The fraction of sp³-hybridized carbons (Fsp3) is 0.368. The molecule has 1 aliphatic heterocycles. The van der Waals surface area contributed by atoms with Gasteiger partial charge in [0, 0.05) is 37.0 Å². The predicted octanol–water partition coefficient (Wildman–Crippen LogP) is 3.70. The molecule has 2 amide bonds. The summed E-state index contributed by atoms with van der Waals surface area (Å²) < 4.78 is 0. The number of amides is 2. The molecule has 2 heterocycles. The number of nitrogens with zero attached hydrogens (tertiary/aromatic N) is 2. The lowest BCUT2D eigenvalue weighted by atomic mass is 10.1. The molecular weight excluding hydrogens is 320 g/mol. The number of hydrogen-bond acceptors (Lipinski definition) is 3. The Hall–Kier alpha value is -2.14. The molecule has 0 spiro atoms. The maximum absolute atomic E-state index is 12.7. The van der Waals surface area contributed by atoms with E-state index < -0.39 is 0 Å². The minimum atomic E-state index is 0.0136. The molecule has 5 heteroatoms. The van der Waals surface area contributed by atoms with Crippen LogP contribution >= 0.6 is 11.3 Å². The number of carbonyl (C=O) groups is 2. The Labute approximate surface area is 146 Å². The van der Waals surface area contributed by atoms with Gasteiger partial charge in [-0.25, -0.2) is 0 Å². The Morgan fingerprint density at radius 3 is 2.62 bits per heavy atom. The number of hydrogen-bond donors (Lipinski definition) is 0. The van der Waals surface area contributed by atoms with Gasteiger partial charge in [-0.3, -0.25) is 9.59 Å². The lowest BCUT2D eigenvalue weighted by molar-refractivity contribution is -0.128. The van der Waals surface area contributed by atoms with Gasteiger partial charge in [-0.1, -0.05) is 18.2 Å². The van der Waals surface area contributed by atoms with Crippen LogP contribution in [0, 0.1) is 0 Å². The fourth-order valence-corrected chi connectivity index (χ4v) is 3.77. The molecule has 1 aromatic heterocycles. The monoisotopic (exact) mass is 342 g/mol. The SMILES string of the molecule is CC(c1cccs1)N(C)C(=O)c1ccc(CN2CCCC2=O)cc1. The van der Waals surface area contributed by atoms with Crippen LogP contribution in [-0.2, 0) is 11.3 Å². The van der Waals surface area contributed by atoms with Gasteiger partial charge < -0.3 is 9.80 Å². The van der Waals surface area contributed by atoms with E-state index in [1.807, 2.05) is 54.6 Å². The molecule has 24 heavy (non-hydrogen) atoms. The zero-order valence-corrected chi connectivity index (χ0v) is 14.9. The van der Waals surface area contributed by atoms with Gasteiger partial charge in [-0.15, -0.1) is 11.3 Å². The average molecular weight is 342 g/mol. The molecule has 1 unspecified atom stereocenters. The van der Waals surface area contributed by atoms with E-state index in [1.54, 1.807) is 16.2 Å². The van der Waals surface area contributed by atoms with Gasteiger partial charge in [0.15, 0.2) is 0 Å². The summed E-state index contributed by atoms with van der Waals surface area (Å²) in [6.45, 7) is 3.51. The standard InChI is InChI=1S/C19H22N2O2S/c1-14(17-5-4-12-24-17)20(2)19(23)16-9-7-15(8-10-16)13-21-11-3-6-18(21)22/h4-5,7-10,12,14H,3,6,11,13H2,1-2H3. The molecule has 1 aliphatic rings. The summed E-state index contributed by atoms with van der Waals surface area (Å²) in [6, 6.07) is 11.7. The van der Waals surface area contributed by atoms with Crippen LogP contribution in [0.1, 0.15) is 46.6 Å². The molecule has 0 aliphatic carbocycles. The number of benzene rings is 1. The first-order valence-corrected chi connectivity index (χ1v) is 9.11. The quantitative estimate of drug-likeness (QED) is 0.831. The maximum Gasteiger partial charge on any atom is 0.254 e. The molecule has 0 N–H and O–H groups in total. The Kier molecular flexibility index (Phi) is 5.00. The van der Waals surface area contributed by atoms with Crippen molar-refractivity contribution in [3.05, 3.63) is 57.8 Å². The first-order valence-electron chi connectivity index (χ1n) is 8.23. The highest BCUT2D eigenvalue weighted by molar-refractivity contribution is 7.10. The van der Waals surface area contributed by atoms with Crippen molar-refractivity contribution in [2.75, 3.05) is 13.6 Å². The molecule has 1 aromatic carbocycles. The molecule has 1 fully saturated rings. The fourth-order valence-electron chi connectivity index (χ4n) is 2.94. The van der Waals surface area contributed by atoms with Crippen LogP contribution in [0.3, 0.4) is 0 Å². The third-order valence-corrected chi connectivity index (χ3v) is 5.64. The van der Waals surface area contributed by atoms with Gasteiger partial charge in [0.25, 0.3) is 5.91 Å². The molecule has 126 valence electrons. The van der Waals surface area contributed by atoms with Crippen molar-refractivity contribution >= 4 is 23.2 Å². The Morgan fingerprint density at radius 1 is 1.29 bits per heavy atom. The van der Waals surface area contributed by atoms with E-state index in [-0.39, 0.29) is 17.9 Å². The molecule has 2 aromatic rings. The van der Waals surface area contributed by atoms with Crippen molar-refractivity contribution in [1.29, 1.82) is 0 Å². The van der Waals surface area contributed by atoms with Crippen LogP contribution in [-0.4, -0.2) is 35.2 Å². The second kappa shape index (κ2) is 7.18. The molecule has 4 nitrogen and oxygen atoms in total. The molecule has 1 saturated heterocycles. The highest BCUT2D eigenvalue weighted by atomic mass is 32.1. The van der Waals surface area contributed by atoms with E-state index in [1.165, 1.54) is 4.88 Å². The van der Waals surface area contributed by atoms with Crippen molar-refractivity contribution in [3.63, 3.8) is 0 Å². The van der Waals surface area contributed by atoms with Crippen molar-refractivity contribution in [2.45, 2.75) is 32.4 Å². The van der Waals surface area contributed by atoms with E-state index in [0.717, 1.165) is 18.5 Å². The average Bonchev–Trinajstić information content (AvgIpc) is 3.26. The summed E-state index contributed by atoms with van der Waals surface area (Å²) in [5.41, 5.74) is 1.74. The third kappa shape index (κ3) is 3.51. The van der Waals surface area contributed by atoms with Gasteiger partial charge in [-0.2, -0.15) is 0 Å². The Balaban J connectivity index is 1.66. The summed E-state index contributed by atoms with van der Waals surface area (Å²) in [4.78, 5) is 29.2. The summed E-state index contributed by atoms with van der Waals surface area (Å²) in [7, 11) is 1.84. The van der Waals surface area contributed by atoms with Gasteiger partial charge in [0.1, 0.15) is 0 Å². The summed E-state index contributed by atoms with van der Waals surface area (Å²) >= 11 is 1.66. The second-order valence-electron chi connectivity index (χ2n) is 6.22. The van der Waals surface area contributed by atoms with E-state index in [4.69, 9.17) is 0 Å². The summed E-state index contributed by atoms with van der Waals surface area (Å²) in [5.74, 6) is 0.236. The van der Waals surface area contributed by atoms with E-state index in [9.17, 15) is 9.59 Å². The first kappa shape index (κ1) is 16.7. The van der Waals surface area contributed by atoms with Crippen LogP contribution in [0.15, 0.2) is 41.8 Å². The molecule has 0 bridgehead atoms. The topological polar surface area (TPSA) is 40.6 Å². The number of likely N-dealkylation sites (tertiary alicyclic amines) is 1. The molecule has 3 rings (SSSR count). The molecule has 0 saturated carbocycles. The first-order chi connectivity index (χ1) is 11.6. The number of rotatable bonds is 5. The molecule has 0 radical (unpaired) electrons. The van der Waals surface area contributed by atoms with Crippen LogP contribution in [0.4, 0.5) is 0 Å². The largest absolute Gasteiger partial charge is 0.338 e. The van der Waals surface area contributed by atoms with Crippen molar-refractivity contribution in [1.82, 2.24) is 9.80 Å². The van der Waals surface area contributed by atoms with Crippen LogP contribution in [0.2, 0.25) is 0 Å². The van der Waals surface area contributed by atoms with E-state index in [2.05, 4.69) is 6.07 Å². The van der Waals surface area contributed by atoms with Crippen molar-refractivity contribution < 1.29 is 9.59 Å². The smallest absolute Gasteiger partial charge is 0.254 e. The maximum atomic E-state index is 12.7. The van der Waals surface area contributed by atoms with Crippen molar-refractivity contribution in [3.8, 4) is 0 Å². The van der Waals surface area contributed by atoms with Gasteiger partial charge in [-0.05, 0) is 42.5 Å². The summed E-state index contributed by atoms with van der Waals surface area (Å²) in [5, 5.41) is 2.03. The Bertz CT molecular complexity index is 709. The van der Waals surface area contributed by atoms with Gasteiger partial charge in [0.05, 0.1) is 6.04 Å². The van der Waals surface area contributed by atoms with Gasteiger partial charge in [0.2, 0.25) is 5.91 Å². The molecular formula is C19H22N2O2S. The van der Waals surface area contributed by atoms with Crippen LogP contribution in [0.25, 0.3) is 0 Å². The minimum absolute atomic E-state index is 0.0136. The lowest BCUT2D eigenvalue weighted by Gasteiger charge is -2.24. The third-order valence-electron chi connectivity index (χ3n) is 4.60. The van der Waals surface area contributed by atoms with E-state index in [0.29, 0.717) is 18.5 Å². The highest BCUT2D eigenvalue weighted by Crippen LogP contribution is 2.25. The second-order valence-corrected chi connectivity index (χ2v) is 7.20. The van der Waals surface area contributed by atoms with Gasteiger partial charge >= 0.3 is 0 Å². The Morgan fingerprint density at radius 2 is 2.04 bits per heavy atom. The van der Waals surface area contributed by atoms with E-state index >= 15 is 0 Å². The summed E-state index contributed by atoms with van der Waals surface area (Å²) in [6.07, 6.45) is 1.60. The molecule has 1 atom stereocenters. The minimum Gasteiger partial charge on any atom is -0.338 e.